The summed E-state index contributed by atoms with van der Waals surface area (Å²) in [6.45, 7) is 7.81. The number of carbonyl (C=O) groups excluding carboxylic acids is 1. The molecule has 1 heterocycles. The Labute approximate surface area is 113 Å². The van der Waals surface area contributed by atoms with E-state index in [2.05, 4.69) is 15.5 Å². The second-order valence-corrected chi connectivity index (χ2v) is 5.25. The van der Waals surface area contributed by atoms with Crippen LogP contribution in [0.2, 0.25) is 0 Å². The molecule has 1 aliphatic heterocycles. The van der Waals surface area contributed by atoms with Gasteiger partial charge in [-0.1, -0.05) is 0 Å². The lowest BCUT2D eigenvalue weighted by molar-refractivity contribution is -0.146. The van der Waals surface area contributed by atoms with E-state index >= 15 is 0 Å². The third kappa shape index (κ3) is 5.89. The van der Waals surface area contributed by atoms with Crippen molar-refractivity contribution >= 4 is 12.0 Å². The molecule has 0 spiro atoms. The van der Waals surface area contributed by atoms with Gasteiger partial charge in [0.2, 0.25) is 0 Å². The number of nitrogens with zero attached hydrogens (tertiary/aromatic N) is 1. The van der Waals surface area contributed by atoms with Gasteiger partial charge in [-0.15, -0.1) is 0 Å². The van der Waals surface area contributed by atoms with Crippen LogP contribution in [0.4, 0.5) is 4.79 Å². The second-order valence-electron chi connectivity index (χ2n) is 5.25. The third-order valence-electron chi connectivity index (χ3n) is 3.09. The predicted molar refractivity (Wildman–Crippen MR) is 70.1 cm³/mol. The molecule has 1 aliphatic rings. The van der Waals surface area contributed by atoms with Crippen LogP contribution in [0.25, 0.3) is 0 Å². The first-order valence-electron chi connectivity index (χ1n) is 6.47. The Balaban J connectivity index is 2.12. The van der Waals surface area contributed by atoms with Crippen LogP contribution in [0.3, 0.4) is 0 Å². The van der Waals surface area contributed by atoms with Gasteiger partial charge in [-0.3, -0.25) is 9.69 Å². The fraction of sp³-hybridized carbons (Fsp3) is 0.833. The average molecular weight is 273 g/mol. The highest BCUT2D eigenvalue weighted by atomic mass is 16.5. The lowest BCUT2D eigenvalue weighted by Gasteiger charge is -2.26. The van der Waals surface area contributed by atoms with E-state index in [4.69, 9.17) is 9.84 Å². The summed E-state index contributed by atoms with van der Waals surface area (Å²) in [7, 11) is 0. The maximum Gasteiger partial charge on any atom is 0.314 e. The molecule has 0 bridgehead atoms. The van der Waals surface area contributed by atoms with E-state index < -0.39 is 11.4 Å². The molecular formula is C12H23N3O4. The van der Waals surface area contributed by atoms with Crippen LogP contribution >= 0.6 is 0 Å². The Hall–Kier alpha value is -1.34. The van der Waals surface area contributed by atoms with E-state index in [9.17, 15) is 9.59 Å². The standard InChI is InChI=1S/C12H23N3O4/c1-12(2,10(16)17)9-14-11(18)13-3-4-15-5-7-19-8-6-15/h3-9H2,1-2H3,(H,16,17)(H2,13,14,18). The van der Waals surface area contributed by atoms with Gasteiger partial charge in [0.05, 0.1) is 18.6 Å². The first kappa shape index (κ1) is 15.7. The monoisotopic (exact) mass is 273 g/mol. The van der Waals surface area contributed by atoms with Gasteiger partial charge in [0.15, 0.2) is 0 Å². The zero-order valence-corrected chi connectivity index (χ0v) is 11.6. The second kappa shape index (κ2) is 7.30. The molecule has 110 valence electrons. The highest BCUT2D eigenvalue weighted by Crippen LogP contribution is 2.12. The van der Waals surface area contributed by atoms with E-state index in [0.29, 0.717) is 6.54 Å². The number of carboxylic acids is 1. The van der Waals surface area contributed by atoms with Crippen molar-refractivity contribution in [1.82, 2.24) is 15.5 Å². The maximum absolute atomic E-state index is 11.5. The van der Waals surface area contributed by atoms with Crippen LogP contribution in [-0.4, -0.2) is 67.9 Å². The molecule has 7 heteroatoms. The summed E-state index contributed by atoms with van der Waals surface area (Å²) in [6.07, 6.45) is 0. The van der Waals surface area contributed by atoms with E-state index in [1.54, 1.807) is 13.8 Å². The molecule has 7 nitrogen and oxygen atoms in total. The van der Waals surface area contributed by atoms with Gasteiger partial charge in [-0.2, -0.15) is 0 Å². The van der Waals surface area contributed by atoms with Crippen LogP contribution in [0.15, 0.2) is 0 Å². The number of hydrogen-bond donors (Lipinski definition) is 3. The molecule has 3 N–H and O–H groups in total. The number of carbonyl (C=O) groups is 2. The van der Waals surface area contributed by atoms with Crippen molar-refractivity contribution in [2.75, 3.05) is 45.9 Å². The van der Waals surface area contributed by atoms with Gasteiger partial charge in [0.1, 0.15) is 0 Å². The van der Waals surface area contributed by atoms with Crippen molar-refractivity contribution in [3.63, 3.8) is 0 Å². The van der Waals surface area contributed by atoms with E-state index in [1.165, 1.54) is 0 Å². The number of rotatable bonds is 6. The van der Waals surface area contributed by atoms with Crippen LogP contribution in [0.1, 0.15) is 13.8 Å². The molecule has 0 aromatic carbocycles. The number of urea groups is 1. The minimum Gasteiger partial charge on any atom is -0.481 e. The fourth-order valence-corrected chi connectivity index (χ4v) is 1.59. The number of carboxylic acid groups (broad SMARTS) is 1. The molecular weight excluding hydrogens is 250 g/mol. The predicted octanol–water partition coefficient (Wildman–Crippen LogP) is -0.271. The van der Waals surface area contributed by atoms with Crippen LogP contribution in [0.5, 0.6) is 0 Å². The zero-order valence-electron chi connectivity index (χ0n) is 11.6. The summed E-state index contributed by atoms with van der Waals surface area (Å²) in [5.41, 5.74) is -0.957. The van der Waals surface area contributed by atoms with Gasteiger partial charge in [0, 0.05) is 32.7 Å². The summed E-state index contributed by atoms with van der Waals surface area (Å²) >= 11 is 0. The summed E-state index contributed by atoms with van der Waals surface area (Å²) in [6, 6.07) is -0.331. The molecule has 1 saturated heterocycles. The first-order valence-corrected chi connectivity index (χ1v) is 6.47. The van der Waals surface area contributed by atoms with Crippen molar-refractivity contribution in [3.05, 3.63) is 0 Å². The van der Waals surface area contributed by atoms with Crippen molar-refractivity contribution < 1.29 is 19.4 Å². The summed E-state index contributed by atoms with van der Waals surface area (Å²) in [4.78, 5) is 24.6. The van der Waals surface area contributed by atoms with Gasteiger partial charge >= 0.3 is 12.0 Å². The molecule has 0 aromatic heterocycles. The van der Waals surface area contributed by atoms with E-state index in [0.717, 1.165) is 32.8 Å². The van der Waals surface area contributed by atoms with Gasteiger partial charge in [0.25, 0.3) is 0 Å². The largest absolute Gasteiger partial charge is 0.481 e. The number of ether oxygens (including phenoxy) is 1. The number of morpholine rings is 1. The first-order chi connectivity index (χ1) is 8.92. The Morgan fingerprint density at radius 1 is 1.26 bits per heavy atom. The Kier molecular flexibility index (Phi) is 6.04. The molecule has 2 amide bonds. The zero-order chi connectivity index (χ0) is 14.3. The molecule has 19 heavy (non-hydrogen) atoms. The van der Waals surface area contributed by atoms with Crippen LogP contribution < -0.4 is 10.6 Å². The molecule has 0 saturated carbocycles. The molecule has 0 unspecified atom stereocenters. The molecule has 0 aliphatic carbocycles. The summed E-state index contributed by atoms with van der Waals surface area (Å²) in [5, 5.41) is 14.2. The number of hydrogen-bond acceptors (Lipinski definition) is 4. The molecule has 1 fully saturated rings. The van der Waals surface area contributed by atoms with Gasteiger partial charge in [-0.05, 0) is 13.8 Å². The van der Waals surface area contributed by atoms with Crippen LogP contribution in [0, 0.1) is 5.41 Å². The molecule has 0 radical (unpaired) electrons. The minimum atomic E-state index is -0.957. The minimum absolute atomic E-state index is 0.103. The van der Waals surface area contributed by atoms with E-state index in [1.807, 2.05) is 0 Å². The van der Waals surface area contributed by atoms with Crippen molar-refractivity contribution in [2.45, 2.75) is 13.8 Å². The Morgan fingerprint density at radius 2 is 1.89 bits per heavy atom. The smallest absolute Gasteiger partial charge is 0.314 e. The fourth-order valence-electron chi connectivity index (χ4n) is 1.59. The van der Waals surface area contributed by atoms with E-state index in [-0.39, 0.29) is 12.6 Å². The number of nitrogens with one attached hydrogen (secondary N) is 2. The average Bonchev–Trinajstić information content (AvgIpc) is 2.37. The summed E-state index contributed by atoms with van der Waals surface area (Å²) < 4.78 is 5.23. The van der Waals surface area contributed by atoms with Crippen molar-refractivity contribution in [3.8, 4) is 0 Å². The summed E-state index contributed by atoms with van der Waals surface area (Å²) in [5.74, 6) is -0.930. The highest BCUT2D eigenvalue weighted by molar-refractivity contribution is 5.77. The lowest BCUT2D eigenvalue weighted by Crippen LogP contribution is -2.46. The Bertz CT molecular complexity index is 314. The van der Waals surface area contributed by atoms with Gasteiger partial charge < -0.3 is 20.5 Å². The van der Waals surface area contributed by atoms with Gasteiger partial charge in [-0.25, -0.2) is 4.79 Å². The molecule has 0 atom stereocenters. The van der Waals surface area contributed by atoms with Crippen LogP contribution in [-0.2, 0) is 9.53 Å². The highest BCUT2D eigenvalue weighted by Gasteiger charge is 2.27. The third-order valence-corrected chi connectivity index (χ3v) is 3.09. The number of amides is 2. The quantitative estimate of drug-likeness (QED) is 0.619. The SMILES string of the molecule is CC(C)(CNC(=O)NCCN1CCOCC1)C(=O)O. The normalized spacial score (nSPS) is 16.9. The van der Waals surface area contributed by atoms with Crippen molar-refractivity contribution in [2.24, 2.45) is 5.41 Å². The molecule has 0 aromatic rings. The lowest BCUT2D eigenvalue weighted by atomic mass is 9.94. The van der Waals surface area contributed by atoms with Crippen molar-refractivity contribution in [1.29, 1.82) is 0 Å². The number of aliphatic carboxylic acids is 1. The Morgan fingerprint density at radius 3 is 2.47 bits per heavy atom. The topological polar surface area (TPSA) is 90.9 Å². The molecule has 1 rings (SSSR count). The maximum atomic E-state index is 11.5.